The summed E-state index contributed by atoms with van der Waals surface area (Å²) in [6.45, 7) is 1.57. The maximum absolute atomic E-state index is 12.9. The second kappa shape index (κ2) is 8.18. The monoisotopic (exact) mass is 452 g/mol. The van der Waals surface area contributed by atoms with Crippen LogP contribution in [0.2, 0.25) is 0 Å². The molecule has 0 saturated carbocycles. The highest BCUT2D eigenvalue weighted by molar-refractivity contribution is 7.93. The molecule has 0 amide bonds. The Bertz CT molecular complexity index is 1240. The number of aliphatic imine (C=N–C) groups is 1. The van der Waals surface area contributed by atoms with Gasteiger partial charge in [0.1, 0.15) is 10.7 Å². The number of primary sulfonamides is 1. The number of hydrogen-bond acceptors (Lipinski definition) is 10. The van der Waals surface area contributed by atoms with Crippen LogP contribution in [0.3, 0.4) is 0 Å². The van der Waals surface area contributed by atoms with Crippen LogP contribution in [0.25, 0.3) is 11.1 Å². The van der Waals surface area contributed by atoms with E-state index < -0.39 is 41.5 Å². The van der Waals surface area contributed by atoms with Crippen LogP contribution < -0.4 is 10.9 Å². The molecular formula is C17H20N6O5S2. The van der Waals surface area contributed by atoms with Crippen LogP contribution in [0.4, 0.5) is 5.82 Å². The Balaban J connectivity index is 2.39. The fourth-order valence-corrected chi connectivity index (χ4v) is 6.08. The topological polar surface area (TPSA) is 191 Å². The van der Waals surface area contributed by atoms with Gasteiger partial charge in [0, 0.05) is 11.8 Å². The summed E-state index contributed by atoms with van der Waals surface area (Å²) in [6.07, 6.45) is 0.409. The molecule has 1 atom stereocenters. The largest absolute Gasteiger partial charge is 0.392 e. The average Bonchev–Trinajstić information content (AvgIpc) is 3.21. The van der Waals surface area contributed by atoms with Gasteiger partial charge in [0.05, 0.1) is 22.3 Å². The smallest absolute Gasteiger partial charge is 0.240 e. The number of sulfone groups is 1. The molecule has 5 N–H and O–H groups in total. The van der Waals surface area contributed by atoms with Crippen molar-refractivity contribution in [3.8, 4) is 11.1 Å². The lowest BCUT2D eigenvalue weighted by Gasteiger charge is -2.17. The Labute approximate surface area is 173 Å². The summed E-state index contributed by atoms with van der Waals surface area (Å²) in [5, 5.41) is 22.9. The first kappa shape index (κ1) is 22.0. The third-order valence-corrected chi connectivity index (χ3v) is 7.35. The number of nitrogens with two attached hydrogens (primary N) is 2. The normalized spacial score (nSPS) is 15.2. The molecule has 0 radical (unpaired) electrons. The van der Waals surface area contributed by atoms with Crippen molar-refractivity contribution in [2.45, 2.75) is 29.2 Å². The average molecular weight is 453 g/mol. The van der Waals surface area contributed by atoms with Gasteiger partial charge in [-0.3, -0.25) is 0 Å². The predicted molar refractivity (Wildman–Crippen MR) is 110 cm³/mol. The standard InChI is InChI=1S/C17H20N6O5S2/c1-2-11(24)8-29(25,26)13-5-4-12(10-3-6-14(18)20-7-10)15(16(13)30(19,27)28)17-21-9-22-23-17/h3-7,11,24H,2,8-9H2,1H3,(H2,18,20)(H2,19,27,28)/t11-/m1/s1. The molecule has 1 aliphatic rings. The summed E-state index contributed by atoms with van der Waals surface area (Å²) in [4.78, 5) is 6.86. The first-order valence-electron chi connectivity index (χ1n) is 8.79. The van der Waals surface area contributed by atoms with Crippen molar-refractivity contribution < 1.29 is 21.9 Å². The highest BCUT2D eigenvalue weighted by Crippen LogP contribution is 2.35. The molecule has 0 aliphatic carbocycles. The SMILES string of the molecule is CC[C@@H](O)CS(=O)(=O)c1ccc(-c2ccc(N)nc2)c(C2=NCN=N2)c1S(N)(=O)=O. The number of sulfonamides is 1. The summed E-state index contributed by atoms with van der Waals surface area (Å²) in [6, 6.07) is 5.66. The first-order chi connectivity index (χ1) is 14.0. The number of aliphatic hydroxyl groups is 1. The zero-order chi connectivity index (χ0) is 22.1. The fourth-order valence-electron chi connectivity index (χ4n) is 2.94. The molecule has 160 valence electrons. The van der Waals surface area contributed by atoms with E-state index in [0.29, 0.717) is 11.1 Å². The molecule has 30 heavy (non-hydrogen) atoms. The van der Waals surface area contributed by atoms with Gasteiger partial charge in [-0.15, -0.1) is 5.11 Å². The number of hydrogen-bond donors (Lipinski definition) is 3. The van der Waals surface area contributed by atoms with Crippen molar-refractivity contribution in [2.75, 3.05) is 18.2 Å². The van der Waals surface area contributed by atoms with Gasteiger partial charge < -0.3 is 10.8 Å². The zero-order valence-corrected chi connectivity index (χ0v) is 17.6. The minimum absolute atomic E-state index is 0.0374. The molecule has 0 spiro atoms. The Hall–Kier alpha value is -2.74. The summed E-state index contributed by atoms with van der Waals surface area (Å²) >= 11 is 0. The summed E-state index contributed by atoms with van der Waals surface area (Å²) in [5.74, 6) is -0.487. The van der Waals surface area contributed by atoms with Gasteiger partial charge in [-0.1, -0.05) is 13.0 Å². The number of azo groups is 1. The summed E-state index contributed by atoms with van der Waals surface area (Å²) < 4.78 is 51.0. The molecule has 2 aromatic rings. The molecule has 1 aliphatic heterocycles. The van der Waals surface area contributed by atoms with Gasteiger partial charge in [-0.2, -0.15) is 5.11 Å². The van der Waals surface area contributed by atoms with Gasteiger partial charge in [-0.05, 0) is 30.2 Å². The predicted octanol–water partition coefficient (Wildman–Crippen LogP) is 0.693. The molecule has 11 nitrogen and oxygen atoms in total. The zero-order valence-electron chi connectivity index (χ0n) is 15.9. The van der Waals surface area contributed by atoms with Crippen molar-refractivity contribution in [3.05, 3.63) is 36.0 Å². The number of aliphatic hydroxyl groups excluding tert-OH is 1. The second-order valence-corrected chi connectivity index (χ2v) is 10.0. The van der Waals surface area contributed by atoms with E-state index >= 15 is 0 Å². The maximum atomic E-state index is 12.9. The third-order valence-electron chi connectivity index (χ3n) is 4.39. The highest BCUT2D eigenvalue weighted by Gasteiger charge is 2.33. The minimum Gasteiger partial charge on any atom is -0.392 e. The van der Waals surface area contributed by atoms with Crippen LogP contribution in [-0.2, 0) is 19.9 Å². The van der Waals surface area contributed by atoms with Crippen LogP contribution in [0, 0.1) is 0 Å². The first-order valence-corrected chi connectivity index (χ1v) is 12.0. The van der Waals surface area contributed by atoms with E-state index in [1.165, 1.54) is 18.3 Å². The van der Waals surface area contributed by atoms with Crippen molar-refractivity contribution in [2.24, 2.45) is 20.4 Å². The number of nitrogens with zero attached hydrogens (tertiary/aromatic N) is 4. The number of pyridine rings is 1. The van der Waals surface area contributed by atoms with E-state index in [0.717, 1.165) is 6.07 Å². The van der Waals surface area contributed by atoms with Crippen molar-refractivity contribution in [3.63, 3.8) is 0 Å². The molecular weight excluding hydrogens is 432 g/mol. The lowest BCUT2D eigenvalue weighted by molar-refractivity contribution is 0.193. The van der Waals surface area contributed by atoms with E-state index in [2.05, 4.69) is 20.2 Å². The van der Waals surface area contributed by atoms with Gasteiger partial charge in [0.2, 0.25) is 10.0 Å². The van der Waals surface area contributed by atoms with Gasteiger partial charge in [-0.25, -0.2) is 32.0 Å². The Morgan fingerprint density at radius 2 is 1.90 bits per heavy atom. The van der Waals surface area contributed by atoms with E-state index in [-0.39, 0.29) is 30.3 Å². The lowest BCUT2D eigenvalue weighted by Crippen LogP contribution is -2.25. The molecule has 1 aromatic carbocycles. The lowest BCUT2D eigenvalue weighted by atomic mass is 10.00. The Morgan fingerprint density at radius 1 is 1.17 bits per heavy atom. The van der Waals surface area contributed by atoms with Crippen molar-refractivity contribution >= 4 is 31.5 Å². The second-order valence-electron chi connectivity index (χ2n) is 6.54. The fraction of sp³-hybridized carbons (Fsp3) is 0.294. The molecule has 0 saturated heterocycles. The van der Waals surface area contributed by atoms with E-state index in [9.17, 15) is 21.9 Å². The summed E-state index contributed by atoms with van der Waals surface area (Å²) in [5.41, 5.74) is 6.26. The molecule has 0 bridgehead atoms. The van der Waals surface area contributed by atoms with E-state index in [1.807, 2.05) is 0 Å². The number of amidine groups is 1. The van der Waals surface area contributed by atoms with E-state index in [4.69, 9.17) is 10.9 Å². The van der Waals surface area contributed by atoms with Gasteiger partial charge in [0.15, 0.2) is 22.3 Å². The van der Waals surface area contributed by atoms with Crippen molar-refractivity contribution in [1.29, 1.82) is 0 Å². The van der Waals surface area contributed by atoms with Crippen LogP contribution >= 0.6 is 0 Å². The van der Waals surface area contributed by atoms with Crippen LogP contribution in [-0.4, -0.2) is 51.3 Å². The van der Waals surface area contributed by atoms with Crippen LogP contribution in [0.5, 0.6) is 0 Å². The quantitative estimate of drug-likeness (QED) is 0.550. The third kappa shape index (κ3) is 4.38. The minimum atomic E-state index is -4.55. The molecule has 13 heteroatoms. The van der Waals surface area contributed by atoms with E-state index in [1.54, 1.807) is 13.0 Å². The van der Waals surface area contributed by atoms with Gasteiger partial charge in [0.25, 0.3) is 0 Å². The maximum Gasteiger partial charge on any atom is 0.240 e. The molecule has 0 fully saturated rings. The highest BCUT2D eigenvalue weighted by atomic mass is 32.2. The number of anilines is 1. The molecule has 0 unspecified atom stereocenters. The number of benzene rings is 1. The van der Waals surface area contributed by atoms with Crippen LogP contribution in [0.1, 0.15) is 18.9 Å². The summed E-state index contributed by atoms with van der Waals surface area (Å²) in [7, 11) is -8.77. The van der Waals surface area contributed by atoms with Crippen molar-refractivity contribution in [1.82, 2.24) is 4.98 Å². The molecule has 3 rings (SSSR count). The Kier molecular flexibility index (Phi) is 5.99. The number of nitrogen functional groups attached to an aromatic ring is 1. The Morgan fingerprint density at radius 3 is 2.43 bits per heavy atom. The molecule has 1 aromatic heterocycles. The number of rotatable bonds is 7. The molecule has 2 heterocycles. The number of aromatic nitrogens is 1. The van der Waals surface area contributed by atoms with Crippen LogP contribution in [0.15, 0.2) is 55.5 Å². The van der Waals surface area contributed by atoms with Gasteiger partial charge >= 0.3 is 0 Å².